The number of halogens is 2. The summed E-state index contributed by atoms with van der Waals surface area (Å²) < 4.78 is 6.79. The SMILES string of the molecule is COc1ccc(C(=O)c2ccc(Br)cc2)c(Br)c1. The average molecular weight is 370 g/mol. The summed E-state index contributed by atoms with van der Waals surface area (Å²) in [5.74, 6) is 0.700. The Bertz CT molecular complexity index is 577. The number of hydrogen-bond donors (Lipinski definition) is 0. The van der Waals surface area contributed by atoms with Crippen LogP contribution in [0.1, 0.15) is 15.9 Å². The second kappa shape index (κ2) is 5.67. The van der Waals surface area contributed by atoms with Crippen LogP contribution in [0, 0.1) is 0 Å². The van der Waals surface area contributed by atoms with Crippen molar-refractivity contribution in [3.8, 4) is 5.75 Å². The summed E-state index contributed by atoms with van der Waals surface area (Å²) in [5.41, 5.74) is 1.28. The summed E-state index contributed by atoms with van der Waals surface area (Å²) in [5, 5.41) is 0. The van der Waals surface area contributed by atoms with Crippen molar-refractivity contribution < 1.29 is 9.53 Å². The summed E-state index contributed by atoms with van der Waals surface area (Å²) >= 11 is 6.74. The van der Waals surface area contributed by atoms with Crippen molar-refractivity contribution in [2.75, 3.05) is 7.11 Å². The number of methoxy groups -OCH3 is 1. The molecule has 0 atom stereocenters. The summed E-state index contributed by atoms with van der Waals surface area (Å²) in [4.78, 5) is 12.3. The van der Waals surface area contributed by atoms with Gasteiger partial charge in [-0.2, -0.15) is 0 Å². The van der Waals surface area contributed by atoms with Gasteiger partial charge in [-0.1, -0.05) is 15.9 Å². The first-order chi connectivity index (χ1) is 8.61. The predicted molar refractivity (Wildman–Crippen MR) is 78.3 cm³/mol. The first-order valence-corrected chi connectivity index (χ1v) is 6.84. The molecule has 0 unspecified atom stereocenters. The lowest BCUT2D eigenvalue weighted by Gasteiger charge is -2.06. The van der Waals surface area contributed by atoms with E-state index in [2.05, 4.69) is 31.9 Å². The molecule has 0 spiro atoms. The van der Waals surface area contributed by atoms with Gasteiger partial charge in [0.25, 0.3) is 0 Å². The average Bonchev–Trinajstić information content (AvgIpc) is 2.38. The monoisotopic (exact) mass is 368 g/mol. The van der Waals surface area contributed by atoms with Gasteiger partial charge in [0.2, 0.25) is 0 Å². The Morgan fingerprint density at radius 2 is 1.72 bits per heavy atom. The maximum Gasteiger partial charge on any atom is 0.194 e. The molecule has 0 radical (unpaired) electrons. The van der Waals surface area contributed by atoms with E-state index in [0.717, 1.165) is 8.95 Å². The highest BCUT2D eigenvalue weighted by molar-refractivity contribution is 9.10. The fourth-order valence-electron chi connectivity index (χ4n) is 1.56. The summed E-state index contributed by atoms with van der Waals surface area (Å²) in [7, 11) is 1.60. The molecule has 0 aromatic heterocycles. The predicted octanol–water partition coefficient (Wildman–Crippen LogP) is 4.45. The van der Waals surface area contributed by atoms with Gasteiger partial charge in [0.1, 0.15) is 5.75 Å². The molecule has 0 aliphatic carbocycles. The third-order valence-electron chi connectivity index (χ3n) is 2.53. The minimum atomic E-state index is -0.0166. The van der Waals surface area contributed by atoms with E-state index in [1.54, 1.807) is 37.4 Å². The Morgan fingerprint density at radius 3 is 2.28 bits per heavy atom. The Balaban J connectivity index is 2.37. The maximum atomic E-state index is 12.3. The molecule has 0 bridgehead atoms. The van der Waals surface area contributed by atoms with Gasteiger partial charge in [-0.05, 0) is 58.4 Å². The third kappa shape index (κ3) is 2.82. The van der Waals surface area contributed by atoms with E-state index in [9.17, 15) is 4.79 Å². The molecule has 2 rings (SSSR count). The zero-order valence-corrected chi connectivity index (χ0v) is 12.8. The summed E-state index contributed by atoms with van der Waals surface area (Å²) in [6.07, 6.45) is 0. The number of carbonyl (C=O) groups is 1. The molecular formula is C14H10Br2O2. The van der Waals surface area contributed by atoms with Gasteiger partial charge in [0.05, 0.1) is 7.11 Å². The molecular weight excluding hydrogens is 360 g/mol. The zero-order valence-electron chi connectivity index (χ0n) is 9.61. The van der Waals surface area contributed by atoms with Gasteiger partial charge < -0.3 is 4.74 Å². The third-order valence-corrected chi connectivity index (χ3v) is 3.71. The Morgan fingerprint density at radius 1 is 1.06 bits per heavy atom. The van der Waals surface area contributed by atoms with Crippen molar-refractivity contribution in [2.24, 2.45) is 0 Å². The topological polar surface area (TPSA) is 26.3 Å². The van der Waals surface area contributed by atoms with Crippen LogP contribution >= 0.6 is 31.9 Å². The second-order valence-corrected chi connectivity index (χ2v) is 5.45. The molecule has 2 nitrogen and oxygen atoms in total. The minimum Gasteiger partial charge on any atom is -0.497 e. The van der Waals surface area contributed by atoms with Crippen molar-refractivity contribution in [3.63, 3.8) is 0 Å². The molecule has 0 amide bonds. The lowest BCUT2D eigenvalue weighted by atomic mass is 10.0. The van der Waals surface area contributed by atoms with Crippen LogP contribution in [0.25, 0.3) is 0 Å². The summed E-state index contributed by atoms with van der Waals surface area (Å²) in [6.45, 7) is 0. The van der Waals surface area contributed by atoms with Crippen LogP contribution in [0.2, 0.25) is 0 Å². The van der Waals surface area contributed by atoms with Crippen LogP contribution in [-0.2, 0) is 0 Å². The van der Waals surface area contributed by atoms with Crippen molar-refractivity contribution in [1.29, 1.82) is 0 Å². The van der Waals surface area contributed by atoms with Gasteiger partial charge in [-0.15, -0.1) is 0 Å². The largest absolute Gasteiger partial charge is 0.497 e. The van der Waals surface area contributed by atoms with Crippen molar-refractivity contribution in [1.82, 2.24) is 0 Å². The number of ketones is 1. The first kappa shape index (κ1) is 13.3. The number of benzene rings is 2. The fourth-order valence-corrected chi connectivity index (χ4v) is 2.37. The van der Waals surface area contributed by atoms with Gasteiger partial charge in [-0.25, -0.2) is 0 Å². The molecule has 0 aliphatic heterocycles. The Kier molecular flexibility index (Phi) is 4.19. The minimum absolute atomic E-state index is 0.0166. The van der Waals surface area contributed by atoms with E-state index in [1.807, 2.05) is 12.1 Å². The van der Waals surface area contributed by atoms with Gasteiger partial charge in [0.15, 0.2) is 5.78 Å². The van der Waals surface area contributed by atoms with Crippen LogP contribution in [0.4, 0.5) is 0 Å². The van der Waals surface area contributed by atoms with E-state index in [4.69, 9.17) is 4.74 Å². The van der Waals surface area contributed by atoms with E-state index in [1.165, 1.54) is 0 Å². The number of rotatable bonds is 3. The quantitative estimate of drug-likeness (QED) is 0.747. The molecule has 18 heavy (non-hydrogen) atoms. The Labute approximate surface area is 122 Å². The van der Waals surface area contributed by atoms with Crippen molar-refractivity contribution >= 4 is 37.6 Å². The van der Waals surface area contributed by atoms with E-state index in [0.29, 0.717) is 16.9 Å². The van der Waals surface area contributed by atoms with Gasteiger partial charge >= 0.3 is 0 Å². The number of hydrogen-bond acceptors (Lipinski definition) is 2. The van der Waals surface area contributed by atoms with Gasteiger partial charge in [0, 0.05) is 20.1 Å². The van der Waals surface area contributed by atoms with E-state index >= 15 is 0 Å². The first-order valence-electron chi connectivity index (χ1n) is 5.25. The lowest BCUT2D eigenvalue weighted by molar-refractivity contribution is 0.103. The number of carbonyl (C=O) groups excluding carboxylic acids is 1. The maximum absolute atomic E-state index is 12.3. The molecule has 4 heteroatoms. The van der Waals surface area contributed by atoms with Crippen LogP contribution in [-0.4, -0.2) is 12.9 Å². The molecule has 2 aromatic rings. The molecule has 2 aromatic carbocycles. The molecule has 0 heterocycles. The molecule has 0 N–H and O–H groups in total. The Hall–Kier alpha value is -1.13. The van der Waals surface area contributed by atoms with Crippen LogP contribution < -0.4 is 4.74 Å². The smallest absolute Gasteiger partial charge is 0.194 e. The molecule has 0 fully saturated rings. The van der Waals surface area contributed by atoms with Crippen LogP contribution in [0.5, 0.6) is 5.75 Å². The van der Waals surface area contributed by atoms with Crippen LogP contribution in [0.3, 0.4) is 0 Å². The molecule has 0 saturated heterocycles. The standard InChI is InChI=1S/C14H10Br2O2/c1-18-11-6-7-12(13(16)8-11)14(17)9-2-4-10(15)5-3-9/h2-8H,1H3. The second-order valence-electron chi connectivity index (χ2n) is 3.68. The number of ether oxygens (including phenoxy) is 1. The summed E-state index contributed by atoms with van der Waals surface area (Å²) in [6, 6.07) is 12.6. The normalized spacial score (nSPS) is 10.2. The highest BCUT2D eigenvalue weighted by Gasteiger charge is 2.13. The highest BCUT2D eigenvalue weighted by Crippen LogP contribution is 2.25. The van der Waals surface area contributed by atoms with E-state index < -0.39 is 0 Å². The van der Waals surface area contributed by atoms with Crippen LogP contribution in [0.15, 0.2) is 51.4 Å². The van der Waals surface area contributed by atoms with Crippen molar-refractivity contribution in [3.05, 3.63) is 62.5 Å². The van der Waals surface area contributed by atoms with E-state index in [-0.39, 0.29) is 5.78 Å². The van der Waals surface area contributed by atoms with Crippen molar-refractivity contribution in [2.45, 2.75) is 0 Å². The highest BCUT2D eigenvalue weighted by atomic mass is 79.9. The molecule has 0 aliphatic rings. The molecule has 0 saturated carbocycles. The molecule has 92 valence electrons. The van der Waals surface area contributed by atoms with Gasteiger partial charge in [-0.3, -0.25) is 4.79 Å². The lowest BCUT2D eigenvalue weighted by Crippen LogP contribution is -2.02. The zero-order chi connectivity index (χ0) is 13.1. The fraction of sp³-hybridized carbons (Fsp3) is 0.0714.